The lowest BCUT2D eigenvalue weighted by molar-refractivity contribution is -0.138. The topological polar surface area (TPSA) is 40.5 Å². The minimum Gasteiger partial charge on any atom is -0.478 e. The van der Waals surface area contributed by atoms with E-state index in [1.165, 1.54) is 6.07 Å². The van der Waals surface area contributed by atoms with Gasteiger partial charge in [0.25, 0.3) is 0 Å². The fourth-order valence-electron chi connectivity index (χ4n) is 1.98. The Labute approximate surface area is 122 Å². The maximum absolute atomic E-state index is 13.0. The molecule has 0 saturated heterocycles. The van der Waals surface area contributed by atoms with Crippen molar-refractivity contribution in [2.75, 3.05) is 11.9 Å². The zero-order valence-electron chi connectivity index (χ0n) is 12.7. The van der Waals surface area contributed by atoms with Gasteiger partial charge >= 0.3 is 12.1 Å². The number of nitrogens with zero attached hydrogens (tertiary/aromatic N) is 1. The van der Waals surface area contributed by atoms with E-state index in [1.54, 1.807) is 11.9 Å². The highest BCUT2D eigenvalue weighted by atomic mass is 19.4. The van der Waals surface area contributed by atoms with Gasteiger partial charge in [0.2, 0.25) is 0 Å². The molecule has 0 aliphatic rings. The smallest absolute Gasteiger partial charge is 0.417 e. The number of hydrogen-bond donors (Lipinski definition) is 1. The number of carboxylic acid groups (broad SMARTS) is 1. The molecule has 0 heterocycles. The van der Waals surface area contributed by atoms with E-state index in [4.69, 9.17) is 5.11 Å². The zero-order valence-corrected chi connectivity index (χ0v) is 12.7. The van der Waals surface area contributed by atoms with Gasteiger partial charge in [-0.25, -0.2) is 4.79 Å². The summed E-state index contributed by atoms with van der Waals surface area (Å²) < 4.78 is 39.0. The lowest BCUT2D eigenvalue weighted by atomic mass is 9.87. The molecule has 0 aliphatic heterocycles. The second kappa shape index (κ2) is 5.58. The van der Waals surface area contributed by atoms with Crippen LogP contribution in [-0.4, -0.2) is 24.2 Å². The number of halogens is 3. The Kier molecular flexibility index (Phi) is 4.60. The second-order valence-corrected chi connectivity index (χ2v) is 6.19. The van der Waals surface area contributed by atoms with E-state index in [-0.39, 0.29) is 11.5 Å². The highest BCUT2D eigenvalue weighted by Crippen LogP contribution is 2.36. The molecular weight excluding hydrogens is 283 g/mol. The maximum atomic E-state index is 13.0. The van der Waals surface area contributed by atoms with E-state index < -0.39 is 23.3 Å². The summed E-state index contributed by atoms with van der Waals surface area (Å²) >= 11 is 0. The third kappa shape index (κ3) is 3.89. The van der Waals surface area contributed by atoms with Crippen molar-refractivity contribution in [3.8, 4) is 0 Å². The third-order valence-corrected chi connectivity index (χ3v) is 3.78. The number of aromatic carboxylic acids is 1. The summed E-state index contributed by atoms with van der Waals surface area (Å²) in [5, 5.41) is 8.88. The molecule has 1 rings (SSSR count). The van der Waals surface area contributed by atoms with Crippen molar-refractivity contribution < 1.29 is 23.1 Å². The summed E-state index contributed by atoms with van der Waals surface area (Å²) in [6.07, 6.45) is -4.70. The van der Waals surface area contributed by atoms with Crippen molar-refractivity contribution in [2.24, 2.45) is 5.41 Å². The molecule has 1 N–H and O–H groups in total. The van der Waals surface area contributed by atoms with Crippen LogP contribution in [0.2, 0.25) is 0 Å². The average molecular weight is 303 g/mol. The first kappa shape index (κ1) is 17.3. The lowest BCUT2D eigenvalue weighted by Crippen LogP contribution is -2.39. The predicted octanol–water partition coefficient (Wildman–Crippen LogP) is 4.27. The summed E-state index contributed by atoms with van der Waals surface area (Å²) in [4.78, 5) is 12.7. The van der Waals surface area contributed by atoms with Crippen LogP contribution >= 0.6 is 0 Å². The molecule has 0 fully saturated rings. The van der Waals surface area contributed by atoms with Crippen LogP contribution in [0.1, 0.15) is 43.6 Å². The molecule has 0 saturated carbocycles. The molecule has 0 bridgehead atoms. The summed E-state index contributed by atoms with van der Waals surface area (Å²) in [7, 11) is 1.70. The molecule has 0 spiro atoms. The molecule has 0 amide bonds. The van der Waals surface area contributed by atoms with E-state index in [2.05, 4.69) is 0 Å². The molecule has 1 aromatic rings. The fraction of sp³-hybridized carbons (Fsp3) is 0.533. The van der Waals surface area contributed by atoms with E-state index in [0.29, 0.717) is 5.69 Å². The van der Waals surface area contributed by atoms with Crippen molar-refractivity contribution >= 4 is 11.7 Å². The molecule has 118 valence electrons. The van der Waals surface area contributed by atoms with Crippen molar-refractivity contribution in [1.82, 2.24) is 0 Å². The van der Waals surface area contributed by atoms with Crippen LogP contribution in [-0.2, 0) is 6.18 Å². The highest BCUT2D eigenvalue weighted by molar-refractivity contribution is 5.90. The summed E-state index contributed by atoms with van der Waals surface area (Å²) in [5.74, 6) is -1.58. The van der Waals surface area contributed by atoms with E-state index in [9.17, 15) is 18.0 Å². The van der Waals surface area contributed by atoms with Crippen molar-refractivity contribution in [2.45, 2.75) is 39.9 Å². The Morgan fingerprint density at radius 2 is 1.76 bits per heavy atom. The molecule has 6 heteroatoms. The van der Waals surface area contributed by atoms with E-state index in [0.717, 1.165) is 12.1 Å². The highest BCUT2D eigenvalue weighted by Gasteiger charge is 2.36. The SMILES string of the molecule is CC(N(C)c1ccc(C(=O)O)c(C(F)(F)F)c1)C(C)(C)C. The van der Waals surface area contributed by atoms with Gasteiger partial charge in [-0.15, -0.1) is 0 Å². The number of hydrogen-bond acceptors (Lipinski definition) is 2. The van der Waals surface area contributed by atoms with Crippen molar-refractivity contribution in [3.05, 3.63) is 29.3 Å². The van der Waals surface area contributed by atoms with Crippen LogP contribution < -0.4 is 4.90 Å². The molecular formula is C15H20F3NO2. The van der Waals surface area contributed by atoms with Crippen LogP contribution in [0.15, 0.2) is 18.2 Å². The van der Waals surface area contributed by atoms with Gasteiger partial charge in [0.05, 0.1) is 11.1 Å². The zero-order chi connectivity index (χ0) is 16.6. The molecule has 3 nitrogen and oxygen atoms in total. The fourth-order valence-corrected chi connectivity index (χ4v) is 1.98. The predicted molar refractivity (Wildman–Crippen MR) is 75.7 cm³/mol. The molecule has 1 unspecified atom stereocenters. The Bertz CT molecular complexity index is 533. The monoisotopic (exact) mass is 303 g/mol. The quantitative estimate of drug-likeness (QED) is 0.906. The van der Waals surface area contributed by atoms with Gasteiger partial charge in [-0.05, 0) is 30.5 Å². The second-order valence-electron chi connectivity index (χ2n) is 6.19. The minimum absolute atomic E-state index is 0.0192. The molecule has 0 aromatic heterocycles. The van der Waals surface area contributed by atoms with E-state index in [1.807, 2.05) is 27.7 Å². The Balaban J connectivity index is 3.32. The summed E-state index contributed by atoms with van der Waals surface area (Å²) in [6, 6.07) is 3.29. The van der Waals surface area contributed by atoms with Crippen LogP contribution in [0.3, 0.4) is 0 Å². The third-order valence-electron chi connectivity index (χ3n) is 3.78. The van der Waals surface area contributed by atoms with Crippen LogP contribution in [0.25, 0.3) is 0 Å². The summed E-state index contributed by atoms with van der Waals surface area (Å²) in [6.45, 7) is 7.89. The Morgan fingerprint density at radius 3 is 2.14 bits per heavy atom. The lowest BCUT2D eigenvalue weighted by Gasteiger charge is -2.37. The van der Waals surface area contributed by atoms with Crippen LogP contribution in [0.4, 0.5) is 18.9 Å². The van der Waals surface area contributed by atoms with Gasteiger partial charge in [-0.2, -0.15) is 13.2 Å². The van der Waals surface area contributed by atoms with Crippen molar-refractivity contribution in [1.29, 1.82) is 0 Å². The van der Waals surface area contributed by atoms with Crippen molar-refractivity contribution in [3.63, 3.8) is 0 Å². The average Bonchev–Trinajstić information content (AvgIpc) is 2.34. The Hall–Kier alpha value is -1.72. The largest absolute Gasteiger partial charge is 0.478 e. The molecule has 1 aromatic carbocycles. The summed E-state index contributed by atoms with van der Waals surface area (Å²) in [5.41, 5.74) is -1.64. The number of rotatable bonds is 3. The number of alkyl halides is 3. The molecule has 21 heavy (non-hydrogen) atoms. The molecule has 0 aliphatic carbocycles. The van der Waals surface area contributed by atoms with Gasteiger partial charge in [-0.1, -0.05) is 20.8 Å². The Morgan fingerprint density at radius 1 is 1.24 bits per heavy atom. The van der Waals surface area contributed by atoms with Gasteiger partial charge in [-0.3, -0.25) is 0 Å². The molecule has 0 radical (unpaired) electrons. The van der Waals surface area contributed by atoms with Gasteiger partial charge in [0.1, 0.15) is 0 Å². The molecule has 1 atom stereocenters. The normalized spacial score (nSPS) is 13.9. The minimum atomic E-state index is -4.70. The number of benzene rings is 1. The standard InChI is InChI=1S/C15H20F3NO2/c1-9(14(2,3)4)19(5)10-6-7-11(13(20)21)12(8-10)15(16,17)18/h6-9H,1-5H3,(H,20,21). The van der Waals surface area contributed by atoms with Crippen LogP contribution in [0.5, 0.6) is 0 Å². The number of carboxylic acids is 1. The van der Waals surface area contributed by atoms with Gasteiger partial charge < -0.3 is 10.0 Å². The first-order valence-electron chi connectivity index (χ1n) is 6.53. The van der Waals surface area contributed by atoms with Crippen LogP contribution in [0, 0.1) is 5.41 Å². The van der Waals surface area contributed by atoms with E-state index >= 15 is 0 Å². The first-order chi connectivity index (χ1) is 9.35. The van der Waals surface area contributed by atoms with Gasteiger partial charge in [0.15, 0.2) is 0 Å². The van der Waals surface area contributed by atoms with Gasteiger partial charge in [0, 0.05) is 18.8 Å². The number of carbonyl (C=O) groups is 1. The number of anilines is 1. The maximum Gasteiger partial charge on any atom is 0.417 e. The first-order valence-corrected chi connectivity index (χ1v) is 6.53.